The maximum Gasteiger partial charge on any atom is 0.239 e. The Kier molecular flexibility index (Phi) is 5.13. The number of hydrogen-bond donors (Lipinski definition) is 2. The van der Waals surface area contributed by atoms with Crippen molar-refractivity contribution in [2.24, 2.45) is 0 Å². The van der Waals surface area contributed by atoms with E-state index in [2.05, 4.69) is 15.6 Å². The summed E-state index contributed by atoms with van der Waals surface area (Å²) in [6.07, 6.45) is 0.925. The molecule has 2 aromatic rings. The van der Waals surface area contributed by atoms with E-state index in [1.165, 1.54) is 0 Å². The molecule has 2 rings (SSSR count). The number of carbonyl (C=O) groups excluding carboxylic acids is 2. The van der Waals surface area contributed by atoms with Gasteiger partial charge in [-0.3, -0.25) is 9.59 Å². The van der Waals surface area contributed by atoms with Crippen LogP contribution in [0.15, 0.2) is 24.3 Å². The van der Waals surface area contributed by atoms with Gasteiger partial charge in [0.2, 0.25) is 11.8 Å². The first-order valence-corrected chi connectivity index (χ1v) is 8.07. The molecule has 0 unspecified atom stereocenters. The maximum absolute atomic E-state index is 11.8. The Morgan fingerprint density at radius 1 is 1.18 bits per heavy atom. The zero-order valence-corrected chi connectivity index (χ0v) is 13.9. The van der Waals surface area contributed by atoms with Gasteiger partial charge >= 0.3 is 0 Å². The molecule has 5 nitrogen and oxygen atoms in total. The van der Waals surface area contributed by atoms with Gasteiger partial charge in [-0.05, 0) is 32.9 Å². The van der Waals surface area contributed by atoms with E-state index < -0.39 is 0 Å². The molecule has 22 heavy (non-hydrogen) atoms. The number of aromatic nitrogens is 1. The van der Waals surface area contributed by atoms with E-state index in [-0.39, 0.29) is 23.9 Å². The molecule has 0 atom stereocenters. The van der Waals surface area contributed by atoms with Crippen LogP contribution < -0.4 is 10.6 Å². The van der Waals surface area contributed by atoms with E-state index in [9.17, 15) is 9.59 Å². The highest BCUT2D eigenvalue weighted by atomic mass is 32.1. The summed E-state index contributed by atoms with van der Waals surface area (Å²) in [4.78, 5) is 27.9. The topological polar surface area (TPSA) is 71.1 Å². The van der Waals surface area contributed by atoms with Crippen molar-refractivity contribution >= 4 is 33.4 Å². The number of rotatable bonds is 5. The molecule has 2 amide bonds. The first-order valence-electron chi connectivity index (χ1n) is 7.26. The van der Waals surface area contributed by atoms with E-state index in [0.717, 1.165) is 15.2 Å². The van der Waals surface area contributed by atoms with Gasteiger partial charge in [-0.25, -0.2) is 4.98 Å². The van der Waals surface area contributed by atoms with Gasteiger partial charge < -0.3 is 10.6 Å². The molecule has 1 heterocycles. The van der Waals surface area contributed by atoms with Crippen LogP contribution in [-0.2, 0) is 16.0 Å². The lowest BCUT2D eigenvalue weighted by Crippen LogP contribution is -2.45. The molecule has 6 heteroatoms. The van der Waals surface area contributed by atoms with Crippen LogP contribution in [0.25, 0.3) is 10.2 Å². The third kappa shape index (κ3) is 5.11. The van der Waals surface area contributed by atoms with Crippen LogP contribution in [0, 0.1) is 0 Å². The number of amides is 2. The fourth-order valence-electron chi connectivity index (χ4n) is 1.98. The van der Waals surface area contributed by atoms with Crippen molar-refractivity contribution in [3.63, 3.8) is 0 Å². The highest BCUT2D eigenvalue weighted by molar-refractivity contribution is 7.18. The Labute approximate surface area is 134 Å². The number of benzene rings is 1. The fraction of sp³-hybridized carbons (Fsp3) is 0.438. The summed E-state index contributed by atoms with van der Waals surface area (Å²) >= 11 is 1.60. The summed E-state index contributed by atoms with van der Waals surface area (Å²) in [5, 5.41) is 6.38. The van der Waals surface area contributed by atoms with E-state index in [1.807, 2.05) is 45.0 Å². The molecule has 0 bridgehead atoms. The van der Waals surface area contributed by atoms with Crippen molar-refractivity contribution in [3.8, 4) is 0 Å². The summed E-state index contributed by atoms with van der Waals surface area (Å²) in [5.74, 6) is -0.316. The Morgan fingerprint density at radius 3 is 2.59 bits per heavy atom. The minimum absolute atomic E-state index is 0.00987. The number of nitrogens with zero attached hydrogens (tertiary/aromatic N) is 1. The van der Waals surface area contributed by atoms with Crippen LogP contribution in [0.2, 0.25) is 0 Å². The van der Waals surface area contributed by atoms with E-state index in [4.69, 9.17) is 0 Å². The summed E-state index contributed by atoms with van der Waals surface area (Å²) < 4.78 is 1.13. The lowest BCUT2D eigenvalue weighted by molar-refractivity contribution is -0.126. The fourth-order valence-corrected chi connectivity index (χ4v) is 2.94. The second-order valence-corrected chi connectivity index (χ2v) is 7.27. The van der Waals surface area contributed by atoms with Gasteiger partial charge in [0, 0.05) is 18.4 Å². The molecular formula is C16H21N3O2S. The zero-order valence-electron chi connectivity index (χ0n) is 13.1. The molecule has 1 aromatic heterocycles. The molecule has 0 spiro atoms. The van der Waals surface area contributed by atoms with Crippen LogP contribution in [0.4, 0.5) is 0 Å². The van der Waals surface area contributed by atoms with Gasteiger partial charge in [-0.15, -0.1) is 11.3 Å². The summed E-state index contributed by atoms with van der Waals surface area (Å²) in [5.41, 5.74) is 0.676. The molecule has 0 aliphatic rings. The third-order valence-corrected chi connectivity index (χ3v) is 3.96. The van der Waals surface area contributed by atoms with Gasteiger partial charge in [-0.1, -0.05) is 12.1 Å². The minimum Gasteiger partial charge on any atom is -0.350 e. The monoisotopic (exact) mass is 319 g/mol. The first-order chi connectivity index (χ1) is 10.3. The van der Waals surface area contributed by atoms with Crippen molar-refractivity contribution < 1.29 is 9.59 Å². The van der Waals surface area contributed by atoms with Gasteiger partial charge in [-0.2, -0.15) is 0 Å². The highest BCUT2D eigenvalue weighted by Crippen LogP contribution is 2.22. The number of fused-ring (bicyclic) bond motifs is 1. The zero-order chi connectivity index (χ0) is 16.2. The molecule has 2 N–H and O–H groups in total. The van der Waals surface area contributed by atoms with Crippen LogP contribution >= 0.6 is 11.3 Å². The number of carbonyl (C=O) groups is 2. The molecule has 118 valence electrons. The molecule has 1 aromatic carbocycles. The Hall–Kier alpha value is -1.95. The van der Waals surface area contributed by atoms with Crippen LogP contribution in [-0.4, -0.2) is 28.9 Å². The highest BCUT2D eigenvalue weighted by Gasteiger charge is 2.14. The number of aryl methyl sites for hydroxylation is 1. The molecule has 0 saturated carbocycles. The second-order valence-electron chi connectivity index (χ2n) is 6.15. The minimum atomic E-state index is -0.289. The SMILES string of the molecule is CC(C)(C)NC(=O)CNC(=O)CCc1nc2ccccc2s1. The molecule has 0 fully saturated rings. The Balaban J connectivity index is 1.77. The van der Waals surface area contributed by atoms with Gasteiger partial charge in [0.15, 0.2) is 0 Å². The average molecular weight is 319 g/mol. The molecule has 0 aliphatic carbocycles. The maximum atomic E-state index is 11.8. The van der Waals surface area contributed by atoms with Crippen LogP contribution in [0.5, 0.6) is 0 Å². The lowest BCUT2D eigenvalue weighted by atomic mass is 10.1. The molecule has 0 radical (unpaired) electrons. The predicted molar refractivity (Wildman–Crippen MR) is 88.8 cm³/mol. The number of thiazole rings is 1. The number of para-hydroxylation sites is 1. The summed E-state index contributed by atoms with van der Waals surface area (Å²) in [6.45, 7) is 5.72. The van der Waals surface area contributed by atoms with Crippen molar-refractivity contribution in [1.29, 1.82) is 0 Å². The van der Waals surface area contributed by atoms with Crippen LogP contribution in [0.1, 0.15) is 32.2 Å². The smallest absolute Gasteiger partial charge is 0.239 e. The van der Waals surface area contributed by atoms with E-state index in [0.29, 0.717) is 12.8 Å². The quantitative estimate of drug-likeness (QED) is 0.888. The van der Waals surface area contributed by atoms with Crippen LogP contribution in [0.3, 0.4) is 0 Å². The van der Waals surface area contributed by atoms with Crippen molar-refractivity contribution in [2.75, 3.05) is 6.54 Å². The Morgan fingerprint density at radius 2 is 1.91 bits per heavy atom. The van der Waals surface area contributed by atoms with Crippen molar-refractivity contribution in [1.82, 2.24) is 15.6 Å². The normalized spacial score (nSPS) is 11.4. The summed E-state index contributed by atoms with van der Waals surface area (Å²) in [6, 6.07) is 7.91. The lowest BCUT2D eigenvalue weighted by Gasteiger charge is -2.20. The number of hydrogen-bond acceptors (Lipinski definition) is 4. The molecular weight excluding hydrogens is 298 g/mol. The predicted octanol–water partition coefficient (Wildman–Crippen LogP) is 2.26. The van der Waals surface area contributed by atoms with Gasteiger partial charge in [0.25, 0.3) is 0 Å². The molecule has 0 aliphatic heterocycles. The Bertz CT molecular complexity index is 640. The largest absolute Gasteiger partial charge is 0.350 e. The van der Waals surface area contributed by atoms with E-state index >= 15 is 0 Å². The number of nitrogens with one attached hydrogen (secondary N) is 2. The van der Waals surface area contributed by atoms with E-state index in [1.54, 1.807) is 11.3 Å². The first kappa shape index (κ1) is 16.4. The molecule has 0 saturated heterocycles. The van der Waals surface area contributed by atoms with Crippen molar-refractivity contribution in [3.05, 3.63) is 29.3 Å². The van der Waals surface area contributed by atoms with Gasteiger partial charge in [0.1, 0.15) is 0 Å². The summed E-state index contributed by atoms with van der Waals surface area (Å²) in [7, 11) is 0. The third-order valence-electron chi connectivity index (χ3n) is 2.86. The van der Waals surface area contributed by atoms with Crippen molar-refractivity contribution in [2.45, 2.75) is 39.2 Å². The standard InChI is InChI=1S/C16H21N3O2S/c1-16(2,3)19-14(21)10-17-13(20)8-9-15-18-11-6-4-5-7-12(11)22-15/h4-7H,8-10H2,1-3H3,(H,17,20)(H,19,21). The van der Waals surface area contributed by atoms with Gasteiger partial charge in [0.05, 0.1) is 21.8 Å². The average Bonchev–Trinajstić information content (AvgIpc) is 2.84. The second kappa shape index (κ2) is 6.87.